The lowest BCUT2D eigenvalue weighted by molar-refractivity contribution is 0.802. The van der Waals surface area contributed by atoms with Gasteiger partial charge in [0.1, 0.15) is 22.6 Å². The lowest BCUT2D eigenvalue weighted by Crippen LogP contribution is -2.09. The zero-order valence-corrected chi connectivity index (χ0v) is 9.69. The Bertz CT molecular complexity index is 428. The van der Waals surface area contributed by atoms with E-state index in [0.717, 1.165) is 16.2 Å². The molecule has 0 aliphatic rings. The number of nitrogens with one attached hydrogen (secondary N) is 2. The maximum atomic E-state index is 4.16. The van der Waals surface area contributed by atoms with E-state index in [2.05, 4.69) is 41.2 Å². The quantitative estimate of drug-likeness (QED) is 0.837. The SMILES string of the molecule is CC(Nc1cc(Br)ncn1)c1ncc[nH]1. The van der Waals surface area contributed by atoms with Crippen molar-refractivity contribution in [1.29, 1.82) is 0 Å². The number of hydrogen-bond donors (Lipinski definition) is 2. The zero-order valence-electron chi connectivity index (χ0n) is 8.11. The van der Waals surface area contributed by atoms with Gasteiger partial charge in [0.05, 0.1) is 6.04 Å². The molecule has 0 spiro atoms. The van der Waals surface area contributed by atoms with Gasteiger partial charge >= 0.3 is 0 Å². The topological polar surface area (TPSA) is 66.5 Å². The molecule has 2 N–H and O–H groups in total. The second-order valence-electron chi connectivity index (χ2n) is 3.07. The molecule has 2 aromatic rings. The van der Waals surface area contributed by atoms with Crippen molar-refractivity contribution in [2.24, 2.45) is 0 Å². The molecule has 78 valence electrons. The summed E-state index contributed by atoms with van der Waals surface area (Å²) in [6.07, 6.45) is 5.02. The molecule has 0 aromatic carbocycles. The Kier molecular flexibility index (Phi) is 2.96. The summed E-state index contributed by atoms with van der Waals surface area (Å²) >= 11 is 3.29. The minimum Gasteiger partial charge on any atom is -0.360 e. The maximum Gasteiger partial charge on any atom is 0.131 e. The van der Waals surface area contributed by atoms with Gasteiger partial charge in [0, 0.05) is 18.5 Å². The number of nitrogens with zero attached hydrogens (tertiary/aromatic N) is 3. The van der Waals surface area contributed by atoms with Gasteiger partial charge in [0.15, 0.2) is 0 Å². The van der Waals surface area contributed by atoms with E-state index in [1.165, 1.54) is 6.33 Å². The normalized spacial score (nSPS) is 12.4. The summed E-state index contributed by atoms with van der Waals surface area (Å²) in [5.74, 6) is 1.64. The number of halogens is 1. The van der Waals surface area contributed by atoms with Crippen LogP contribution in [-0.2, 0) is 0 Å². The average molecular weight is 268 g/mol. The van der Waals surface area contributed by atoms with Crippen LogP contribution < -0.4 is 5.32 Å². The van der Waals surface area contributed by atoms with E-state index in [4.69, 9.17) is 0 Å². The smallest absolute Gasteiger partial charge is 0.131 e. The van der Waals surface area contributed by atoms with Gasteiger partial charge in [-0.05, 0) is 22.9 Å². The molecule has 0 saturated heterocycles. The van der Waals surface area contributed by atoms with Crippen molar-refractivity contribution in [2.75, 3.05) is 5.32 Å². The first-order valence-electron chi connectivity index (χ1n) is 4.49. The van der Waals surface area contributed by atoms with Gasteiger partial charge in [-0.25, -0.2) is 15.0 Å². The first-order chi connectivity index (χ1) is 7.25. The van der Waals surface area contributed by atoms with Gasteiger partial charge in [-0.2, -0.15) is 0 Å². The van der Waals surface area contributed by atoms with Crippen LogP contribution in [0, 0.1) is 0 Å². The average Bonchev–Trinajstić information content (AvgIpc) is 2.70. The highest BCUT2D eigenvalue weighted by molar-refractivity contribution is 9.10. The molecule has 15 heavy (non-hydrogen) atoms. The number of hydrogen-bond acceptors (Lipinski definition) is 4. The molecule has 2 rings (SSSR count). The third kappa shape index (κ3) is 2.53. The van der Waals surface area contributed by atoms with Crippen molar-refractivity contribution in [2.45, 2.75) is 13.0 Å². The number of rotatable bonds is 3. The highest BCUT2D eigenvalue weighted by Crippen LogP contribution is 2.15. The minimum absolute atomic E-state index is 0.0850. The van der Waals surface area contributed by atoms with Gasteiger partial charge in [-0.15, -0.1) is 0 Å². The molecule has 0 radical (unpaired) electrons. The Hall–Kier alpha value is -1.43. The van der Waals surface area contributed by atoms with E-state index < -0.39 is 0 Å². The molecule has 1 unspecified atom stereocenters. The Morgan fingerprint density at radius 2 is 2.27 bits per heavy atom. The second kappa shape index (κ2) is 4.39. The lowest BCUT2D eigenvalue weighted by Gasteiger charge is -2.11. The number of imidazole rings is 1. The van der Waals surface area contributed by atoms with Crippen molar-refractivity contribution in [3.8, 4) is 0 Å². The van der Waals surface area contributed by atoms with Gasteiger partial charge in [0.25, 0.3) is 0 Å². The van der Waals surface area contributed by atoms with Crippen LogP contribution in [0.3, 0.4) is 0 Å². The van der Waals surface area contributed by atoms with Crippen LogP contribution in [-0.4, -0.2) is 19.9 Å². The molecule has 0 saturated carbocycles. The Balaban J connectivity index is 2.09. The Morgan fingerprint density at radius 3 is 2.93 bits per heavy atom. The van der Waals surface area contributed by atoms with Crippen LogP contribution in [0.4, 0.5) is 5.82 Å². The molecule has 1 atom stereocenters. The van der Waals surface area contributed by atoms with Crippen molar-refractivity contribution < 1.29 is 0 Å². The highest BCUT2D eigenvalue weighted by Gasteiger charge is 2.07. The van der Waals surface area contributed by atoms with E-state index in [9.17, 15) is 0 Å². The summed E-state index contributed by atoms with van der Waals surface area (Å²) in [5, 5.41) is 3.21. The standard InChI is InChI=1S/C9H10BrN5/c1-6(9-11-2-3-12-9)15-8-4-7(10)13-5-14-8/h2-6H,1H3,(H,11,12)(H,13,14,15). The van der Waals surface area contributed by atoms with Gasteiger partial charge in [0.2, 0.25) is 0 Å². The van der Waals surface area contributed by atoms with Crippen LogP contribution in [0.2, 0.25) is 0 Å². The Labute approximate surface area is 95.5 Å². The molecule has 5 nitrogen and oxygen atoms in total. The van der Waals surface area contributed by atoms with Gasteiger partial charge in [-0.1, -0.05) is 0 Å². The van der Waals surface area contributed by atoms with Crippen LogP contribution >= 0.6 is 15.9 Å². The summed E-state index contributed by atoms with van der Waals surface area (Å²) in [4.78, 5) is 15.3. The van der Waals surface area contributed by atoms with Crippen molar-refractivity contribution in [3.63, 3.8) is 0 Å². The van der Waals surface area contributed by atoms with Gasteiger partial charge in [-0.3, -0.25) is 0 Å². The fourth-order valence-corrected chi connectivity index (χ4v) is 1.53. The maximum absolute atomic E-state index is 4.16. The van der Waals surface area contributed by atoms with E-state index in [1.807, 2.05) is 13.0 Å². The fourth-order valence-electron chi connectivity index (χ4n) is 1.22. The van der Waals surface area contributed by atoms with Crippen molar-refractivity contribution in [3.05, 3.63) is 35.2 Å². The molecular formula is C9H10BrN5. The van der Waals surface area contributed by atoms with Crippen LogP contribution in [0.1, 0.15) is 18.8 Å². The number of H-pyrrole nitrogens is 1. The predicted octanol–water partition coefficient (Wildman–Crippen LogP) is 2.14. The number of aromatic amines is 1. The largest absolute Gasteiger partial charge is 0.360 e. The van der Waals surface area contributed by atoms with E-state index in [1.54, 1.807) is 12.4 Å². The third-order valence-electron chi connectivity index (χ3n) is 1.93. The Morgan fingerprint density at radius 1 is 1.40 bits per heavy atom. The van der Waals surface area contributed by atoms with Crippen LogP contribution in [0.25, 0.3) is 0 Å². The summed E-state index contributed by atoms with van der Waals surface area (Å²) < 4.78 is 0.756. The predicted molar refractivity (Wildman–Crippen MR) is 60.4 cm³/mol. The molecule has 0 amide bonds. The number of aromatic nitrogens is 4. The molecule has 6 heteroatoms. The van der Waals surface area contributed by atoms with Crippen LogP contribution in [0.5, 0.6) is 0 Å². The number of anilines is 1. The molecule has 0 fully saturated rings. The molecular weight excluding hydrogens is 258 g/mol. The minimum atomic E-state index is 0.0850. The molecule has 0 aliphatic heterocycles. The van der Waals surface area contributed by atoms with E-state index in [0.29, 0.717) is 0 Å². The summed E-state index contributed by atoms with van der Waals surface area (Å²) in [6.45, 7) is 2.01. The summed E-state index contributed by atoms with van der Waals surface area (Å²) in [7, 11) is 0. The third-order valence-corrected chi connectivity index (χ3v) is 2.36. The van der Waals surface area contributed by atoms with E-state index >= 15 is 0 Å². The molecule has 2 aromatic heterocycles. The monoisotopic (exact) mass is 267 g/mol. The zero-order chi connectivity index (χ0) is 10.7. The highest BCUT2D eigenvalue weighted by atomic mass is 79.9. The summed E-state index contributed by atoms with van der Waals surface area (Å²) in [6, 6.07) is 1.90. The molecule has 0 aliphatic carbocycles. The van der Waals surface area contributed by atoms with Crippen LogP contribution in [0.15, 0.2) is 29.4 Å². The fraction of sp³-hybridized carbons (Fsp3) is 0.222. The molecule has 2 heterocycles. The summed E-state index contributed by atoms with van der Waals surface area (Å²) in [5.41, 5.74) is 0. The first-order valence-corrected chi connectivity index (χ1v) is 5.28. The molecule has 0 bridgehead atoms. The van der Waals surface area contributed by atoms with Crippen molar-refractivity contribution >= 4 is 21.7 Å². The lowest BCUT2D eigenvalue weighted by atomic mass is 10.3. The van der Waals surface area contributed by atoms with Crippen molar-refractivity contribution in [1.82, 2.24) is 19.9 Å². The second-order valence-corrected chi connectivity index (χ2v) is 3.88. The van der Waals surface area contributed by atoms with Gasteiger partial charge < -0.3 is 10.3 Å². The first kappa shape index (κ1) is 10.1. The van der Waals surface area contributed by atoms with E-state index in [-0.39, 0.29) is 6.04 Å².